The molecule has 0 heterocycles. The maximum absolute atomic E-state index is 12.7. The van der Waals surface area contributed by atoms with Crippen LogP contribution in [0.15, 0.2) is 40.9 Å². The molecule has 148 valence electrons. The second-order valence-electron chi connectivity index (χ2n) is 6.78. The van der Waals surface area contributed by atoms with Gasteiger partial charge in [0.05, 0.1) is 20.3 Å². The molecule has 1 aliphatic rings. The fourth-order valence-electron chi connectivity index (χ4n) is 2.81. The molecule has 2 N–H and O–H groups in total. The smallest absolute Gasteiger partial charge is 0.252 e. The van der Waals surface area contributed by atoms with Crippen LogP contribution in [0.2, 0.25) is 0 Å². The molecule has 1 aliphatic carbocycles. The van der Waals surface area contributed by atoms with E-state index in [1.165, 1.54) is 14.2 Å². The van der Waals surface area contributed by atoms with Crippen LogP contribution in [0.25, 0.3) is 0 Å². The van der Waals surface area contributed by atoms with Crippen molar-refractivity contribution in [2.24, 2.45) is 5.92 Å². The fraction of sp³-hybridized carbons (Fsp3) is 0.333. The van der Waals surface area contributed by atoms with E-state index in [1.54, 1.807) is 12.1 Å². The summed E-state index contributed by atoms with van der Waals surface area (Å²) in [6, 6.07) is 10.6. The highest BCUT2D eigenvalue weighted by molar-refractivity contribution is 9.10. The third-order valence-corrected chi connectivity index (χ3v) is 5.46. The monoisotopic (exact) mass is 446 g/mol. The van der Waals surface area contributed by atoms with Gasteiger partial charge in [-0.3, -0.25) is 9.59 Å². The largest absolute Gasteiger partial charge is 0.495 e. The second-order valence-corrected chi connectivity index (χ2v) is 7.57. The molecule has 2 aromatic rings. The van der Waals surface area contributed by atoms with E-state index in [0.29, 0.717) is 21.5 Å². The number of benzene rings is 2. The SMILES string of the molecule is COc1cc(C(=O)NC(C)c2ccc(NC(=O)C3CC3)cc2)cc(OC)c1Br. The van der Waals surface area contributed by atoms with Crippen LogP contribution in [0.1, 0.15) is 41.7 Å². The zero-order chi connectivity index (χ0) is 20.3. The first-order valence-corrected chi connectivity index (χ1v) is 9.85. The van der Waals surface area contributed by atoms with E-state index in [1.807, 2.05) is 31.2 Å². The molecule has 6 nitrogen and oxygen atoms in total. The summed E-state index contributed by atoms with van der Waals surface area (Å²) >= 11 is 3.40. The molecule has 0 radical (unpaired) electrons. The molecule has 0 spiro atoms. The zero-order valence-corrected chi connectivity index (χ0v) is 17.6. The lowest BCUT2D eigenvalue weighted by Crippen LogP contribution is -2.26. The molecule has 0 aliphatic heterocycles. The molecule has 7 heteroatoms. The number of methoxy groups -OCH3 is 2. The Hall–Kier alpha value is -2.54. The number of carbonyl (C=O) groups excluding carboxylic acids is 2. The molecule has 1 saturated carbocycles. The van der Waals surface area contributed by atoms with Gasteiger partial charge >= 0.3 is 0 Å². The average Bonchev–Trinajstić information content (AvgIpc) is 3.54. The molecule has 0 bridgehead atoms. The topological polar surface area (TPSA) is 76.7 Å². The van der Waals surface area contributed by atoms with E-state index >= 15 is 0 Å². The Labute approximate surface area is 172 Å². The van der Waals surface area contributed by atoms with Gasteiger partial charge in [0.15, 0.2) is 0 Å². The van der Waals surface area contributed by atoms with E-state index in [2.05, 4.69) is 26.6 Å². The number of hydrogen-bond donors (Lipinski definition) is 2. The summed E-state index contributed by atoms with van der Waals surface area (Å²) in [7, 11) is 3.07. The van der Waals surface area contributed by atoms with Gasteiger partial charge in [0, 0.05) is 17.2 Å². The highest BCUT2D eigenvalue weighted by atomic mass is 79.9. The minimum atomic E-state index is -0.234. The van der Waals surface area contributed by atoms with Crippen molar-refractivity contribution in [1.29, 1.82) is 0 Å². The first-order valence-electron chi connectivity index (χ1n) is 9.06. The van der Waals surface area contributed by atoms with Gasteiger partial charge in [0.1, 0.15) is 16.0 Å². The third kappa shape index (κ3) is 4.65. The Bertz CT molecular complexity index is 853. The number of carbonyl (C=O) groups is 2. The molecular weight excluding hydrogens is 424 g/mol. The summed E-state index contributed by atoms with van der Waals surface area (Å²) in [5.41, 5.74) is 2.15. The minimum Gasteiger partial charge on any atom is -0.495 e. The minimum absolute atomic E-state index is 0.0761. The molecule has 28 heavy (non-hydrogen) atoms. The number of nitrogens with one attached hydrogen (secondary N) is 2. The van der Waals surface area contributed by atoms with Crippen molar-refractivity contribution in [3.8, 4) is 11.5 Å². The Morgan fingerprint density at radius 3 is 2.14 bits per heavy atom. The first kappa shape index (κ1) is 20.2. The van der Waals surface area contributed by atoms with Crippen molar-refractivity contribution in [2.45, 2.75) is 25.8 Å². The number of hydrogen-bond acceptors (Lipinski definition) is 4. The Balaban J connectivity index is 1.67. The van der Waals surface area contributed by atoms with Gasteiger partial charge in [0.2, 0.25) is 5.91 Å². The second kappa shape index (κ2) is 8.65. The number of halogens is 1. The number of rotatable bonds is 7. The molecule has 0 aromatic heterocycles. The van der Waals surface area contributed by atoms with Crippen LogP contribution in [0.4, 0.5) is 5.69 Å². The van der Waals surface area contributed by atoms with Crippen molar-refractivity contribution in [1.82, 2.24) is 5.32 Å². The Kier molecular flexibility index (Phi) is 6.24. The number of ether oxygens (including phenoxy) is 2. The molecule has 1 fully saturated rings. The van der Waals surface area contributed by atoms with Crippen LogP contribution in [0, 0.1) is 5.92 Å². The van der Waals surface area contributed by atoms with Crippen LogP contribution >= 0.6 is 15.9 Å². The highest BCUT2D eigenvalue weighted by Gasteiger charge is 2.29. The number of anilines is 1. The lowest BCUT2D eigenvalue weighted by atomic mass is 10.1. The van der Waals surface area contributed by atoms with Crippen LogP contribution in [-0.2, 0) is 4.79 Å². The van der Waals surface area contributed by atoms with Gasteiger partial charge in [-0.2, -0.15) is 0 Å². The van der Waals surface area contributed by atoms with Crippen LogP contribution in [-0.4, -0.2) is 26.0 Å². The summed E-state index contributed by atoms with van der Waals surface area (Å²) in [6.45, 7) is 1.91. The molecule has 1 unspecified atom stereocenters. The maximum atomic E-state index is 12.7. The number of amides is 2. The summed E-state index contributed by atoms with van der Waals surface area (Å²) < 4.78 is 11.2. The van der Waals surface area contributed by atoms with Gasteiger partial charge in [-0.25, -0.2) is 0 Å². The van der Waals surface area contributed by atoms with Crippen molar-refractivity contribution in [3.05, 3.63) is 52.0 Å². The van der Waals surface area contributed by atoms with E-state index in [0.717, 1.165) is 24.1 Å². The lowest BCUT2D eigenvalue weighted by molar-refractivity contribution is -0.117. The average molecular weight is 447 g/mol. The van der Waals surface area contributed by atoms with Crippen molar-refractivity contribution in [2.75, 3.05) is 19.5 Å². The zero-order valence-electron chi connectivity index (χ0n) is 16.0. The van der Waals surface area contributed by atoms with E-state index < -0.39 is 0 Å². The lowest BCUT2D eigenvalue weighted by Gasteiger charge is -2.16. The predicted octanol–water partition coefficient (Wildman–Crippen LogP) is 4.31. The molecular formula is C21H23BrN2O4. The van der Waals surface area contributed by atoms with Crippen LogP contribution < -0.4 is 20.1 Å². The van der Waals surface area contributed by atoms with Gasteiger partial charge in [0.25, 0.3) is 5.91 Å². The van der Waals surface area contributed by atoms with Crippen molar-refractivity contribution < 1.29 is 19.1 Å². The van der Waals surface area contributed by atoms with Gasteiger partial charge in [-0.05, 0) is 65.5 Å². The molecule has 2 aromatic carbocycles. The Morgan fingerprint density at radius 1 is 1.07 bits per heavy atom. The summed E-state index contributed by atoms with van der Waals surface area (Å²) in [5, 5.41) is 5.88. The van der Waals surface area contributed by atoms with E-state index in [9.17, 15) is 9.59 Å². The quantitative estimate of drug-likeness (QED) is 0.664. The van der Waals surface area contributed by atoms with Gasteiger partial charge in [-0.15, -0.1) is 0 Å². The maximum Gasteiger partial charge on any atom is 0.252 e. The Morgan fingerprint density at radius 2 is 1.64 bits per heavy atom. The van der Waals surface area contributed by atoms with Gasteiger partial charge in [-0.1, -0.05) is 12.1 Å². The normalized spacial score (nSPS) is 14.1. The third-order valence-electron chi connectivity index (χ3n) is 4.68. The summed E-state index contributed by atoms with van der Waals surface area (Å²) in [4.78, 5) is 24.5. The van der Waals surface area contributed by atoms with Gasteiger partial charge < -0.3 is 20.1 Å². The van der Waals surface area contributed by atoms with Crippen LogP contribution in [0.5, 0.6) is 11.5 Å². The summed E-state index contributed by atoms with van der Waals surface area (Å²) in [5.74, 6) is 1.05. The standard InChI is InChI=1S/C21H23BrN2O4/c1-12(13-6-8-16(9-7-13)24-20(25)14-4-5-14)23-21(26)15-10-17(27-2)19(22)18(11-15)28-3/h6-12,14H,4-5H2,1-3H3,(H,23,26)(H,24,25). The van der Waals surface area contributed by atoms with E-state index in [4.69, 9.17) is 9.47 Å². The molecule has 1 atom stereocenters. The molecule has 2 amide bonds. The first-order chi connectivity index (χ1) is 13.4. The van der Waals surface area contributed by atoms with E-state index in [-0.39, 0.29) is 23.8 Å². The predicted molar refractivity (Wildman–Crippen MR) is 111 cm³/mol. The molecule has 3 rings (SSSR count). The summed E-state index contributed by atoms with van der Waals surface area (Å²) in [6.07, 6.45) is 1.94. The van der Waals surface area contributed by atoms with Crippen molar-refractivity contribution >= 4 is 33.4 Å². The molecule has 0 saturated heterocycles. The fourth-order valence-corrected chi connectivity index (χ4v) is 3.36. The highest BCUT2D eigenvalue weighted by Crippen LogP contribution is 2.35. The van der Waals surface area contributed by atoms with Crippen molar-refractivity contribution in [3.63, 3.8) is 0 Å². The van der Waals surface area contributed by atoms with Crippen LogP contribution in [0.3, 0.4) is 0 Å².